The van der Waals surface area contributed by atoms with E-state index >= 15 is 0 Å². The second kappa shape index (κ2) is 7.77. The molecule has 0 saturated heterocycles. The van der Waals surface area contributed by atoms with E-state index < -0.39 is 32.4 Å². The van der Waals surface area contributed by atoms with Crippen LogP contribution in [-0.2, 0) is 16.6 Å². The first-order valence-electron chi connectivity index (χ1n) is 7.67. The zero-order valence-corrected chi connectivity index (χ0v) is 14.5. The van der Waals surface area contributed by atoms with Crippen molar-refractivity contribution in [1.82, 2.24) is 9.71 Å². The third-order valence-corrected chi connectivity index (χ3v) is 4.91. The largest absolute Gasteiger partial charge is 0.439 e. The van der Waals surface area contributed by atoms with Crippen molar-refractivity contribution < 1.29 is 26.3 Å². The Morgan fingerprint density at radius 3 is 2.52 bits per heavy atom. The lowest BCUT2D eigenvalue weighted by Gasteiger charge is -2.11. The summed E-state index contributed by atoms with van der Waals surface area (Å²) in [7, 11) is -4.09. The molecule has 3 aromatic rings. The van der Waals surface area contributed by atoms with Gasteiger partial charge in [0.15, 0.2) is 11.6 Å². The average molecular weight is 394 g/mol. The van der Waals surface area contributed by atoms with Crippen molar-refractivity contribution in [2.75, 3.05) is 0 Å². The normalized spacial score (nSPS) is 11.4. The fraction of sp³-hybridized carbons (Fsp3) is 0.0556. The van der Waals surface area contributed by atoms with Crippen molar-refractivity contribution in [2.45, 2.75) is 11.4 Å². The molecule has 0 fully saturated rings. The van der Waals surface area contributed by atoms with Crippen LogP contribution in [0.2, 0.25) is 0 Å². The van der Waals surface area contributed by atoms with Crippen LogP contribution in [0.3, 0.4) is 0 Å². The van der Waals surface area contributed by atoms with Crippen LogP contribution in [0, 0.1) is 17.5 Å². The average Bonchev–Trinajstić information content (AvgIpc) is 2.63. The summed E-state index contributed by atoms with van der Waals surface area (Å²) in [6.45, 7) is -0.222. The maximum Gasteiger partial charge on any atom is 0.240 e. The van der Waals surface area contributed by atoms with Crippen molar-refractivity contribution in [2.24, 2.45) is 0 Å². The lowest BCUT2D eigenvalue weighted by molar-refractivity contribution is 0.451. The topological polar surface area (TPSA) is 68.3 Å². The van der Waals surface area contributed by atoms with E-state index in [9.17, 15) is 21.6 Å². The van der Waals surface area contributed by atoms with Gasteiger partial charge >= 0.3 is 0 Å². The maximum atomic E-state index is 13.3. The summed E-state index contributed by atoms with van der Waals surface area (Å²) < 4.78 is 71.9. The van der Waals surface area contributed by atoms with E-state index in [4.69, 9.17) is 4.74 Å². The van der Waals surface area contributed by atoms with E-state index in [0.717, 1.165) is 18.2 Å². The molecule has 0 aliphatic carbocycles. The van der Waals surface area contributed by atoms with Crippen molar-refractivity contribution in [3.63, 3.8) is 0 Å². The smallest absolute Gasteiger partial charge is 0.240 e. The summed E-state index contributed by atoms with van der Waals surface area (Å²) >= 11 is 0. The molecule has 0 spiro atoms. The molecule has 0 bridgehead atoms. The molecule has 0 aliphatic heterocycles. The van der Waals surface area contributed by atoms with Crippen molar-refractivity contribution in [3.05, 3.63) is 83.8 Å². The highest BCUT2D eigenvalue weighted by atomic mass is 32.2. The summed E-state index contributed by atoms with van der Waals surface area (Å²) in [5.74, 6) is -2.64. The predicted octanol–water partition coefficient (Wildman–Crippen LogP) is 3.77. The van der Waals surface area contributed by atoms with Gasteiger partial charge < -0.3 is 4.74 Å². The molecule has 1 aromatic heterocycles. The van der Waals surface area contributed by atoms with Gasteiger partial charge in [0, 0.05) is 24.4 Å². The van der Waals surface area contributed by atoms with Crippen molar-refractivity contribution in [3.8, 4) is 11.6 Å². The first kappa shape index (κ1) is 18.9. The first-order chi connectivity index (χ1) is 12.8. The Hall–Kier alpha value is -2.91. The van der Waals surface area contributed by atoms with Crippen LogP contribution in [0.5, 0.6) is 11.6 Å². The van der Waals surface area contributed by atoms with Gasteiger partial charge in [-0.05, 0) is 36.4 Å². The maximum absolute atomic E-state index is 13.3. The number of ether oxygens (including phenoxy) is 1. The van der Waals surface area contributed by atoms with E-state index in [1.54, 1.807) is 12.1 Å². The number of rotatable bonds is 6. The number of nitrogens with zero attached hydrogens (tertiary/aromatic N) is 1. The molecular formula is C18H13F3N2O3S. The lowest BCUT2D eigenvalue weighted by Crippen LogP contribution is -2.23. The summed E-state index contributed by atoms with van der Waals surface area (Å²) in [5, 5.41) is 0. The van der Waals surface area contributed by atoms with E-state index in [-0.39, 0.29) is 18.2 Å². The van der Waals surface area contributed by atoms with Crippen LogP contribution in [0.25, 0.3) is 0 Å². The minimum Gasteiger partial charge on any atom is -0.439 e. The van der Waals surface area contributed by atoms with Crippen LogP contribution in [0.15, 0.2) is 65.7 Å². The van der Waals surface area contributed by atoms with Gasteiger partial charge in [-0.15, -0.1) is 0 Å². The van der Waals surface area contributed by atoms with E-state index in [2.05, 4.69) is 9.71 Å². The fourth-order valence-corrected chi connectivity index (χ4v) is 3.21. The zero-order chi connectivity index (χ0) is 19.4. The van der Waals surface area contributed by atoms with Crippen LogP contribution in [-0.4, -0.2) is 13.4 Å². The summed E-state index contributed by atoms with van der Waals surface area (Å²) in [6, 6.07) is 10.8. The fourth-order valence-electron chi connectivity index (χ4n) is 2.19. The van der Waals surface area contributed by atoms with Gasteiger partial charge in [0.1, 0.15) is 11.6 Å². The standard InChI is InChI=1S/C18H13F3N2O3S/c19-13-4-1-5-14(9-13)26-18-12(3-2-8-22-18)11-23-27(24,25)15-6-7-16(20)17(21)10-15/h1-10,23H,11H2. The molecule has 3 rings (SSSR count). The number of sulfonamides is 1. The number of halogens is 3. The lowest BCUT2D eigenvalue weighted by atomic mass is 10.3. The molecule has 2 aromatic carbocycles. The third kappa shape index (κ3) is 4.63. The molecule has 1 N–H and O–H groups in total. The number of pyridine rings is 1. The van der Waals surface area contributed by atoms with Gasteiger partial charge in [-0.3, -0.25) is 0 Å². The predicted molar refractivity (Wildman–Crippen MR) is 91.1 cm³/mol. The number of hydrogen-bond acceptors (Lipinski definition) is 4. The SMILES string of the molecule is O=S(=O)(NCc1cccnc1Oc1cccc(F)c1)c1ccc(F)c(F)c1. The van der Waals surface area contributed by atoms with E-state index in [0.29, 0.717) is 11.6 Å². The minimum absolute atomic E-state index is 0.0797. The molecule has 0 amide bonds. The monoisotopic (exact) mass is 394 g/mol. The number of hydrogen-bond donors (Lipinski definition) is 1. The second-order valence-corrected chi connectivity index (χ2v) is 7.19. The van der Waals surface area contributed by atoms with Gasteiger partial charge in [0.2, 0.25) is 15.9 Å². The molecule has 0 saturated carbocycles. The molecule has 0 aliphatic rings. The molecule has 0 atom stereocenters. The molecular weight excluding hydrogens is 381 g/mol. The van der Waals surface area contributed by atoms with Crippen LogP contribution < -0.4 is 9.46 Å². The Balaban J connectivity index is 1.79. The molecule has 27 heavy (non-hydrogen) atoms. The zero-order valence-electron chi connectivity index (χ0n) is 13.7. The second-order valence-electron chi connectivity index (χ2n) is 5.43. The Morgan fingerprint density at radius 2 is 1.78 bits per heavy atom. The van der Waals surface area contributed by atoms with Crippen LogP contribution in [0.4, 0.5) is 13.2 Å². The summed E-state index contributed by atoms with van der Waals surface area (Å²) in [4.78, 5) is 3.60. The molecule has 140 valence electrons. The molecule has 0 radical (unpaired) electrons. The van der Waals surface area contributed by atoms with Gasteiger partial charge in [-0.2, -0.15) is 0 Å². The van der Waals surface area contributed by atoms with Gasteiger partial charge in [-0.25, -0.2) is 31.3 Å². The van der Waals surface area contributed by atoms with Crippen molar-refractivity contribution in [1.29, 1.82) is 0 Å². The molecule has 1 heterocycles. The van der Waals surface area contributed by atoms with Crippen LogP contribution >= 0.6 is 0 Å². The van der Waals surface area contributed by atoms with Crippen LogP contribution in [0.1, 0.15) is 5.56 Å². The van der Waals surface area contributed by atoms with E-state index in [1.165, 1.54) is 24.4 Å². The third-order valence-electron chi connectivity index (χ3n) is 3.51. The number of aromatic nitrogens is 1. The Labute approximate surface area is 153 Å². The Bertz CT molecular complexity index is 1070. The van der Waals surface area contributed by atoms with Crippen molar-refractivity contribution >= 4 is 10.0 Å². The minimum atomic E-state index is -4.09. The molecule has 9 heteroatoms. The number of nitrogens with one attached hydrogen (secondary N) is 1. The van der Waals surface area contributed by atoms with Gasteiger partial charge in [0.25, 0.3) is 0 Å². The highest BCUT2D eigenvalue weighted by Crippen LogP contribution is 2.24. The van der Waals surface area contributed by atoms with Gasteiger partial charge in [-0.1, -0.05) is 12.1 Å². The summed E-state index contributed by atoms with van der Waals surface area (Å²) in [6.07, 6.45) is 1.43. The Kier molecular flexibility index (Phi) is 5.43. The van der Waals surface area contributed by atoms with E-state index in [1.807, 2.05) is 0 Å². The van der Waals surface area contributed by atoms with Gasteiger partial charge in [0.05, 0.1) is 4.90 Å². The quantitative estimate of drug-likeness (QED) is 0.691. The summed E-state index contributed by atoms with van der Waals surface area (Å²) in [5.41, 5.74) is 0.368. The highest BCUT2D eigenvalue weighted by molar-refractivity contribution is 7.89. The first-order valence-corrected chi connectivity index (χ1v) is 9.15. The number of benzene rings is 2. The highest BCUT2D eigenvalue weighted by Gasteiger charge is 2.17. The molecule has 5 nitrogen and oxygen atoms in total. The molecule has 0 unspecified atom stereocenters. The Morgan fingerprint density at radius 1 is 0.963 bits per heavy atom.